The highest BCUT2D eigenvalue weighted by Gasteiger charge is 2.27. The number of nitrogens with one attached hydrogen (secondary N) is 1. The molecule has 0 bridgehead atoms. The van der Waals surface area contributed by atoms with Gasteiger partial charge in [-0.1, -0.05) is 5.16 Å². The predicted molar refractivity (Wildman–Crippen MR) is 73.3 cm³/mol. The second kappa shape index (κ2) is 6.07. The molecule has 1 aromatic rings. The van der Waals surface area contributed by atoms with Crippen LogP contribution in [0.5, 0.6) is 0 Å². The molecule has 2 amide bonds. The quantitative estimate of drug-likeness (QED) is 0.904. The van der Waals surface area contributed by atoms with Gasteiger partial charge < -0.3 is 14.7 Å². The summed E-state index contributed by atoms with van der Waals surface area (Å²) in [6.45, 7) is 7.20. The Morgan fingerprint density at radius 2 is 2.00 bits per heavy atom. The van der Waals surface area contributed by atoms with Crippen molar-refractivity contribution >= 4 is 11.8 Å². The molecule has 0 atom stereocenters. The Bertz CT molecular complexity index is 482. The fourth-order valence-electron chi connectivity index (χ4n) is 2.57. The number of aromatic nitrogens is 1. The molecule has 0 radical (unpaired) electrons. The third-order valence-electron chi connectivity index (χ3n) is 3.79. The Morgan fingerprint density at radius 3 is 2.50 bits per heavy atom. The Kier molecular flexibility index (Phi) is 4.42. The van der Waals surface area contributed by atoms with Crippen molar-refractivity contribution in [3.63, 3.8) is 0 Å². The molecule has 2 heterocycles. The zero-order valence-corrected chi connectivity index (χ0v) is 12.2. The first-order valence-electron chi connectivity index (χ1n) is 6.95. The number of aryl methyl sites for hydroxylation is 2. The van der Waals surface area contributed by atoms with Gasteiger partial charge in [0, 0.05) is 26.6 Å². The molecule has 20 heavy (non-hydrogen) atoms. The highest BCUT2D eigenvalue weighted by atomic mass is 16.5. The minimum atomic E-state index is -0.000716. The monoisotopic (exact) mass is 279 g/mol. The van der Waals surface area contributed by atoms with Gasteiger partial charge in [0.15, 0.2) is 0 Å². The maximum absolute atomic E-state index is 12.4. The summed E-state index contributed by atoms with van der Waals surface area (Å²) in [4.78, 5) is 25.2. The van der Waals surface area contributed by atoms with Crippen molar-refractivity contribution in [3.05, 3.63) is 17.0 Å². The van der Waals surface area contributed by atoms with Crippen molar-refractivity contribution < 1.29 is 14.1 Å². The van der Waals surface area contributed by atoms with Crippen LogP contribution in [0, 0.1) is 19.8 Å². The van der Waals surface area contributed by atoms with E-state index in [1.54, 1.807) is 13.8 Å². The van der Waals surface area contributed by atoms with Gasteiger partial charge in [-0.15, -0.1) is 0 Å². The lowest BCUT2D eigenvalue weighted by Crippen LogP contribution is -2.41. The molecule has 1 aromatic heterocycles. The van der Waals surface area contributed by atoms with Crippen LogP contribution in [0.2, 0.25) is 0 Å². The van der Waals surface area contributed by atoms with E-state index in [0.717, 1.165) is 12.8 Å². The smallest absolute Gasteiger partial charge is 0.259 e. The van der Waals surface area contributed by atoms with Gasteiger partial charge in [0.05, 0.1) is 5.69 Å². The summed E-state index contributed by atoms with van der Waals surface area (Å²) in [6, 6.07) is 0. The molecule has 0 spiro atoms. The van der Waals surface area contributed by atoms with Crippen molar-refractivity contribution in [2.45, 2.75) is 33.6 Å². The molecule has 0 aliphatic carbocycles. The zero-order chi connectivity index (χ0) is 14.7. The zero-order valence-electron chi connectivity index (χ0n) is 12.2. The van der Waals surface area contributed by atoms with Crippen LogP contribution >= 0.6 is 0 Å². The highest BCUT2D eigenvalue weighted by molar-refractivity contribution is 5.96. The van der Waals surface area contributed by atoms with Gasteiger partial charge in [0.2, 0.25) is 5.91 Å². The van der Waals surface area contributed by atoms with E-state index in [1.807, 2.05) is 4.90 Å². The van der Waals surface area contributed by atoms with Crippen molar-refractivity contribution in [3.8, 4) is 0 Å². The standard InChI is InChI=1S/C14H21N3O3/c1-9-13(10(2)20-16-9)14(19)17-6-4-12(5-7-17)8-15-11(3)18/h12H,4-8H2,1-3H3,(H,15,18). The third-order valence-corrected chi connectivity index (χ3v) is 3.79. The lowest BCUT2D eigenvalue weighted by molar-refractivity contribution is -0.119. The van der Waals surface area contributed by atoms with Crippen LogP contribution in [-0.4, -0.2) is 41.5 Å². The van der Waals surface area contributed by atoms with Crippen LogP contribution in [0.25, 0.3) is 0 Å². The average Bonchev–Trinajstić information content (AvgIpc) is 2.76. The number of piperidine rings is 1. The first kappa shape index (κ1) is 14.6. The number of hydrogen-bond acceptors (Lipinski definition) is 4. The van der Waals surface area contributed by atoms with Crippen LogP contribution in [0.4, 0.5) is 0 Å². The highest BCUT2D eigenvalue weighted by Crippen LogP contribution is 2.21. The van der Waals surface area contributed by atoms with Gasteiger partial charge in [0.1, 0.15) is 11.3 Å². The van der Waals surface area contributed by atoms with Gasteiger partial charge >= 0.3 is 0 Å². The molecule has 0 saturated carbocycles. The van der Waals surface area contributed by atoms with Crippen LogP contribution in [0.3, 0.4) is 0 Å². The molecule has 6 nitrogen and oxygen atoms in total. The van der Waals surface area contributed by atoms with E-state index in [-0.39, 0.29) is 11.8 Å². The number of nitrogens with zero attached hydrogens (tertiary/aromatic N) is 2. The lowest BCUT2D eigenvalue weighted by atomic mass is 9.96. The maximum atomic E-state index is 12.4. The maximum Gasteiger partial charge on any atom is 0.259 e. The summed E-state index contributed by atoms with van der Waals surface area (Å²) in [5.41, 5.74) is 1.23. The predicted octanol–water partition coefficient (Wildman–Crippen LogP) is 1.28. The molecule has 1 aliphatic rings. The second-order valence-electron chi connectivity index (χ2n) is 5.37. The summed E-state index contributed by atoms with van der Waals surface area (Å²) >= 11 is 0. The van der Waals surface area contributed by atoms with Gasteiger partial charge in [-0.25, -0.2) is 0 Å². The minimum absolute atomic E-state index is 0.000716. The summed E-state index contributed by atoms with van der Waals surface area (Å²) in [5.74, 6) is 1.03. The second-order valence-corrected chi connectivity index (χ2v) is 5.37. The number of rotatable bonds is 3. The van der Waals surface area contributed by atoms with E-state index in [0.29, 0.717) is 42.6 Å². The van der Waals surface area contributed by atoms with E-state index in [2.05, 4.69) is 10.5 Å². The number of carbonyl (C=O) groups excluding carboxylic acids is 2. The Balaban J connectivity index is 1.91. The molecule has 6 heteroatoms. The summed E-state index contributed by atoms with van der Waals surface area (Å²) in [5, 5.41) is 6.66. The lowest BCUT2D eigenvalue weighted by Gasteiger charge is -2.32. The van der Waals surface area contributed by atoms with E-state index in [9.17, 15) is 9.59 Å². The topological polar surface area (TPSA) is 75.4 Å². The number of carbonyl (C=O) groups is 2. The summed E-state index contributed by atoms with van der Waals surface area (Å²) < 4.78 is 5.05. The molecule has 2 rings (SSSR count). The molecular weight excluding hydrogens is 258 g/mol. The first-order valence-corrected chi connectivity index (χ1v) is 6.95. The Morgan fingerprint density at radius 1 is 1.35 bits per heavy atom. The van der Waals surface area contributed by atoms with Gasteiger partial charge in [0.25, 0.3) is 5.91 Å². The molecule has 1 aliphatic heterocycles. The van der Waals surface area contributed by atoms with Crippen LogP contribution in [0.1, 0.15) is 41.6 Å². The number of likely N-dealkylation sites (tertiary alicyclic amines) is 1. The van der Waals surface area contributed by atoms with Gasteiger partial charge in [-0.05, 0) is 32.6 Å². The fraction of sp³-hybridized carbons (Fsp3) is 0.643. The summed E-state index contributed by atoms with van der Waals surface area (Å²) in [7, 11) is 0. The Labute approximate surface area is 118 Å². The van der Waals surface area contributed by atoms with E-state index in [4.69, 9.17) is 4.52 Å². The van der Waals surface area contributed by atoms with Crippen LogP contribution in [-0.2, 0) is 4.79 Å². The third kappa shape index (κ3) is 3.18. The molecule has 0 unspecified atom stereocenters. The van der Waals surface area contributed by atoms with E-state index < -0.39 is 0 Å². The van der Waals surface area contributed by atoms with Crippen LogP contribution < -0.4 is 5.32 Å². The number of hydrogen-bond donors (Lipinski definition) is 1. The van der Waals surface area contributed by atoms with Crippen LogP contribution in [0.15, 0.2) is 4.52 Å². The molecule has 1 N–H and O–H groups in total. The molecule has 110 valence electrons. The summed E-state index contributed by atoms with van der Waals surface area (Å²) in [6.07, 6.45) is 1.82. The van der Waals surface area contributed by atoms with Gasteiger partial charge in [-0.2, -0.15) is 0 Å². The SMILES string of the molecule is CC(=O)NCC1CCN(C(=O)c2c(C)noc2C)CC1. The van der Waals surface area contributed by atoms with Crippen molar-refractivity contribution in [2.24, 2.45) is 5.92 Å². The minimum Gasteiger partial charge on any atom is -0.361 e. The van der Waals surface area contributed by atoms with E-state index in [1.165, 1.54) is 6.92 Å². The first-order chi connectivity index (χ1) is 9.49. The Hall–Kier alpha value is -1.85. The molecule has 1 fully saturated rings. The van der Waals surface area contributed by atoms with Crippen molar-refractivity contribution in [1.82, 2.24) is 15.4 Å². The van der Waals surface area contributed by atoms with Crippen molar-refractivity contribution in [2.75, 3.05) is 19.6 Å². The molecular formula is C14H21N3O3. The number of amides is 2. The fourth-order valence-corrected chi connectivity index (χ4v) is 2.57. The van der Waals surface area contributed by atoms with Gasteiger partial charge in [-0.3, -0.25) is 9.59 Å². The largest absolute Gasteiger partial charge is 0.361 e. The van der Waals surface area contributed by atoms with Crippen molar-refractivity contribution in [1.29, 1.82) is 0 Å². The molecule has 1 saturated heterocycles. The van der Waals surface area contributed by atoms with E-state index >= 15 is 0 Å². The molecule has 0 aromatic carbocycles. The normalized spacial score (nSPS) is 16.2. The average molecular weight is 279 g/mol.